The van der Waals surface area contributed by atoms with Crippen LogP contribution in [0.1, 0.15) is 44.1 Å². The molecular weight excluding hydrogens is 336 g/mol. The second-order valence-corrected chi connectivity index (χ2v) is 13.6. The van der Waals surface area contributed by atoms with Gasteiger partial charge < -0.3 is 23.4 Å². The number of aldehydes is 1. The molecule has 0 saturated carbocycles. The molecule has 0 radical (unpaired) electrons. The highest BCUT2D eigenvalue weighted by molar-refractivity contribution is 6.74. The van der Waals surface area contributed by atoms with Gasteiger partial charge in [-0.15, -0.1) is 0 Å². The largest absolute Gasteiger partial charge is 0.454 e. The standard InChI is InChI=1S/C19H26O5Si/c1-19(2,3)25(4,5)23-9-14-13(8-20)17-11-6-15-16(22-10-21-15)7-12(11)18(14)24-17/h6-8,13-14,17-18H,9-10H2,1-5H3/t13-,14+,17-,18+/m1/s1. The lowest BCUT2D eigenvalue weighted by atomic mass is 9.77. The minimum atomic E-state index is -1.87. The molecule has 2 bridgehead atoms. The predicted molar refractivity (Wildman–Crippen MR) is 95.3 cm³/mol. The number of rotatable bonds is 4. The number of fused-ring (bicyclic) bond motifs is 6. The van der Waals surface area contributed by atoms with Crippen molar-refractivity contribution in [3.63, 3.8) is 0 Å². The molecule has 0 aliphatic carbocycles. The van der Waals surface area contributed by atoms with Gasteiger partial charge in [0.1, 0.15) is 6.29 Å². The zero-order valence-electron chi connectivity index (χ0n) is 15.5. The minimum absolute atomic E-state index is 0.0597. The van der Waals surface area contributed by atoms with E-state index in [1.807, 2.05) is 12.1 Å². The molecule has 0 aromatic heterocycles. The zero-order valence-corrected chi connectivity index (χ0v) is 16.5. The molecule has 0 spiro atoms. The predicted octanol–water partition coefficient (Wildman–Crippen LogP) is 3.99. The summed E-state index contributed by atoms with van der Waals surface area (Å²) < 4.78 is 23.6. The number of benzene rings is 1. The molecule has 0 amide bonds. The lowest BCUT2D eigenvalue weighted by Gasteiger charge is -2.38. The van der Waals surface area contributed by atoms with Crippen molar-refractivity contribution in [2.24, 2.45) is 11.8 Å². The van der Waals surface area contributed by atoms with Gasteiger partial charge in [-0.2, -0.15) is 0 Å². The fourth-order valence-corrected chi connectivity index (χ4v) is 4.76. The topological polar surface area (TPSA) is 54.0 Å². The van der Waals surface area contributed by atoms with Gasteiger partial charge in [-0.1, -0.05) is 20.8 Å². The first kappa shape index (κ1) is 17.1. The van der Waals surface area contributed by atoms with Crippen molar-refractivity contribution in [3.8, 4) is 11.5 Å². The highest BCUT2D eigenvalue weighted by Crippen LogP contribution is 2.59. The Kier molecular flexibility index (Phi) is 3.79. The summed E-state index contributed by atoms with van der Waals surface area (Å²) in [5.41, 5.74) is 2.19. The second-order valence-electron chi connectivity index (χ2n) is 8.76. The van der Waals surface area contributed by atoms with Crippen molar-refractivity contribution < 1.29 is 23.4 Å². The lowest BCUT2D eigenvalue weighted by Crippen LogP contribution is -2.43. The molecule has 3 aliphatic heterocycles. The van der Waals surface area contributed by atoms with Crippen LogP contribution in [0.3, 0.4) is 0 Å². The van der Waals surface area contributed by atoms with Gasteiger partial charge in [0.15, 0.2) is 19.8 Å². The zero-order chi connectivity index (χ0) is 18.0. The van der Waals surface area contributed by atoms with E-state index in [-0.39, 0.29) is 35.9 Å². The Hall–Kier alpha value is -1.37. The van der Waals surface area contributed by atoms with Crippen molar-refractivity contribution in [2.45, 2.75) is 51.1 Å². The average Bonchev–Trinajstić information content (AvgIpc) is 3.22. The molecular formula is C19H26O5Si. The molecule has 1 aromatic rings. The summed E-state index contributed by atoms with van der Waals surface area (Å²) in [6.45, 7) is 12.0. The molecule has 4 atom stereocenters. The molecule has 3 heterocycles. The van der Waals surface area contributed by atoms with Gasteiger partial charge in [0.25, 0.3) is 0 Å². The molecule has 1 fully saturated rings. The SMILES string of the molecule is CC(C)(C)[Si](C)(C)OC[C@H]1[C@@H](C=O)[C@@H]2O[C@H]1c1cc3c(cc12)OCO3. The van der Waals surface area contributed by atoms with E-state index < -0.39 is 8.32 Å². The monoisotopic (exact) mass is 362 g/mol. The molecule has 1 saturated heterocycles. The van der Waals surface area contributed by atoms with Crippen LogP contribution in [0.5, 0.6) is 11.5 Å². The third-order valence-corrected chi connectivity index (χ3v) is 10.8. The summed E-state index contributed by atoms with van der Waals surface area (Å²) in [6, 6.07) is 3.99. The average molecular weight is 362 g/mol. The van der Waals surface area contributed by atoms with Crippen LogP contribution in [0, 0.1) is 11.8 Å². The van der Waals surface area contributed by atoms with Gasteiger partial charge in [-0.25, -0.2) is 0 Å². The van der Waals surface area contributed by atoms with E-state index in [0.29, 0.717) is 6.61 Å². The van der Waals surface area contributed by atoms with Crippen LogP contribution in [0.2, 0.25) is 18.1 Å². The second kappa shape index (κ2) is 5.56. The quantitative estimate of drug-likeness (QED) is 0.599. The number of ether oxygens (including phenoxy) is 3. The number of hydrogen-bond donors (Lipinski definition) is 0. The molecule has 5 nitrogen and oxygen atoms in total. The van der Waals surface area contributed by atoms with Crippen LogP contribution in [0.25, 0.3) is 0 Å². The van der Waals surface area contributed by atoms with Gasteiger partial charge in [-0.05, 0) is 41.4 Å². The lowest BCUT2D eigenvalue weighted by molar-refractivity contribution is -0.113. The Morgan fingerprint density at radius 2 is 1.76 bits per heavy atom. The molecule has 25 heavy (non-hydrogen) atoms. The molecule has 0 N–H and O–H groups in total. The fourth-order valence-electron chi connectivity index (χ4n) is 3.72. The van der Waals surface area contributed by atoms with Crippen molar-refractivity contribution in [3.05, 3.63) is 23.3 Å². The van der Waals surface area contributed by atoms with E-state index in [2.05, 4.69) is 33.9 Å². The Labute approximate surface area is 149 Å². The van der Waals surface area contributed by atoms with Gasteiger partial charge in [-0.3, -0.25) is 0 Å². The molecule has 0 unspecified atom stereocenters. The molecule has 4 rings (SSSR count). The Bertz CT molecular complexity index is 709. The van der Waals surface area contributed by atoms with E-state index in [9.17, 15) is 4.79 Å². The van der Waals surface area contributed by atoms with Crippen LogP contribution < -0.4 is 9.47 Å². The summed E-state index contributed by atoms with van der Waals surface area (Å²) in [6.07, 6.45) is 0.743. The maximum absolute atomic E-state index is 11.8. The first-order valence-electron chi connectivity index (χ1n) is 8.91. The number of carbonyl (C=O) groups excluding carboxylic acids is 1. The van der Waals surface area contributed by atoms with Crippen molar-refractivity contribution in [1.82, 2.24) is 0 Å². The fraction of sp³-hybridized carbons (Fsp3) is 0.632. The van der Waals surface area contributed by atoms with Crippen LogP contribution in [-0.4, -0.2) is 28.0 Å². The molecule has 3 aliphatic rings. The summed E-state index contributed by atoms with van der Waals surface area (Å²) >= 11 is 0. The Balaban J connectivity index is 1.60. The van der Waals surface area contributed by atoms with Gasteiger partial charge in [0.2, 0.25) is 6.79 Å². The Morgan fingerprint density at radius 1 is 1.16 bits per heavy atom. The van der Waals surface area contributed by atoms with Crippen molar-refractivity contribution in [1.29, 1.82) is 0 Å². The summed E-state index contributed by atoms with van der Waals surface area (Å²) in [7, 11) is -1.87. The smallest absolute Gasteiger partial charge is 0.231 e. The molecule has 136 valence electrons. The third kappa shape index (κ3) is 2.53. The summed E-state index contributed by atoms with van der Waals surface area (Å²) in [4.78, 5) is 11.8. The summed E-state index contributed by atoms with van der Waals surface area (Å²) in [5.74, 6) is 1.40. The highest BCUT2D eigenvalue weighted by atomic mass is 28.4. The van der Waals surface area contributed by atoms with E-state index in [4.69, 9.17) is 18.6 Å². The van der Waals surface area contributed by atoms with Gasteiger partial charge >= 0.3 is 0 Å². The number of hydrogen-bond acceptors (Lipinski definition) is 5. The maximum atomic E-state index is 11.8. The molecule has 6 heteroatoms. The van der Waals surface area contributed by atoms with Crippen molar-refractivity contribution >= 4 is 14.6 Å². The molecule has 1 aromatic carbocycles. The van der Waals surface area contributed by atoms with Gasteiger partial charge in [0, 0.05) is 12.5 Å². The third-order valence-electron chi connectivity index (χ3n) is 6.32. The maximum Gasteiger partial charge on any atom is 0.231 e. The highest BCUT2D eigenvalue weighted by Gasteiger charge is 2.53. The summed E-state index contributed by atoms with van der Waals surface area (Å²) in [5, 5.41) is 0.145. The minimum Gasteiger partial charge on any atom is -0.454 e. The van der Waals surface area contributed by atoms with E-state index in [1.54, 1.807) is 0 Å². The van der Waals surface area contributed by atoms with Crippen LogP contribution >= 0.6 is 0 Å². The van der Waals surface area contributed by atoms with Crippen LogP contribution in [0.4, 0.5) is 0 Å². The van der Waals surface area contributed by atoms with Gasteiger partial charge in [0.05, 0.1) is 18.1 Å². The number of carbonyl (C=O) groups is 1. The Morgan fingerprint density at radius 3 is 2.32 bits per heavy atom. The normalized spacial score (nSPS) is 29.8. The first-order chi connectivity index (χ1) is 11.7. The van der Waals surface area contributed by atoms with E-state index in [1.165, 1.54) is 0 Å². The first-order valence-corrected chi connectivity index (χ1v) is 11.8. The van der Waals surface area contributed by atoms with E-state index in [0.717, 1.165) is 28.9 Å². The van der Waals surface area contributed by atoms with Crippen LogP contribution in [0.15, 0.2) is 12.1 Å². The van der Waals surface area contributed by atoms with E-state index >= 15 is 0 Å². The van der Waals surface area contributed by atoms with Crippen LogP contribution in [-0.2, 0) is 14.0 Å². The van der Waals surface area contributed by atoms with Crippen molar-refractivity contribution in [2.75, 3.05) is 13.4 Å².